The topological polar surface area (TPSA) is 130 Å². The highest BCUT2D eigenvalue weighted by Gasteiger charge is 2.35. The van der Waals surface area contributed by atoms with Crippen molar-refractivity contribution in [1.29, 1.82) is 0 Å². The van der Waals surface area contributed by atoms with Crippen molar-refractivity contribution in [3.8, 4) is 0 Å². The molecule has 0 saturated carbocycles. The summed E-state index contributed by atoms with van der Waals surface area (Å²) in [7, 11) is -4.41. The Hall–Kier alpha value is -4.45. The number of amides is 2. The van der Waals surface area contributed by atoms with Gasteiger partial charge in [-0.2, -0.15) is 0 Å². The molecule has 45 heavy (non-hydrogen) atoms. The Bertz CT molecular complexity index is 1780. The summed E-state index contributed by atoms with van der Waals surface area (Å²) in [6, 6.07) is 25.2. The van der Waals surface area contributed by atoms with E-state index < -0.39 is 39.3 Å². The maximum absolute atomic E-state index is 14.4. The van der Waals surface area contributed by atoms with Gasteiger partial charge in [-0.15, -0.1) is 0 Å². The van der Waals surface area contributed by atoms with Gasteiger partial charge in [0.2, 0.25) is 11.8 Å². The highest BCUT2D eigenvalue weighted by molar-refractivity contribution is 7.92. The minimum absolute atomic E-state index is 0.0940. The largest absolute Gasteiger partial charge is 0.355 e. The van der Waals surface area contributed by atoms with E-state index in [1.807, 2.05) is 30.3 Å². The molecule has 2 amide bonds. The lowest BCUT2D eigenvalue weighted by Crippen LogP contribution is -2.53. The molecule has 4 aromatic carbocycles. The molecule has 0 fully saturated rings. The monoisotopic (exact) mass is 668 g/mol. The van der Waals surface area contributed by atoms with Gasteiger partial charge in [0, 0.05) is 41.7 Å². The summed E-state index contributed by atoms with van der Waals surface area (Å²) in [5, 5.41) is 15.0. The predicted octanol–water partition coefficient (Wildman–Crippen LogP) is 5.87. The molecule has 0 radical (unpaired) electrons. The van der Waals surface area contributed by atoms with E-state index in [-0.39, 0.29) is 40.8 Å². The SMILES string of the molecule is CCNC(=O)[C@@H](Cc1ccccc1)N(Cc1ccc(Cl)cc1Cl)C(=O)CN(c1cccc([N+](=O)[O-])c1)S(=O)(=O)c1ccccc1. The second-order valence-corrected chi connectivity index (χ2v) is 12.7. The zero-order valence-electron chi connectivity index (χ0n) is 24.2. The lowest BCUT2D eigenvalue weighted by molar-refractivity contribution is -0.384. The molecule has 234 valence electrons. The number of rotatable bonds is 13. The Kier molecular flexibility index (Phi) is 11.2. The Labute approximate surface area is 271 Å². The Morgan fingerprint density at radius 3 is 2.20 bits per heavy atom. The fraction of sp³-hybridized carbons (Fsp3) is 0.188. The van der Waals surface area contributed by atoms with Crippen LogP contribution in [-0.4, -0.2) is 49.2 Å². The highest BCUT2D eigenvalue weighted by Crippen LogP contribution is 2.29. The second kappa shape index (κ2) is 15.0. The maximum Gasteiger partial charge on any atom is 0.271 e. The van der Waals surface area contributed by atoms with Crippen molar-refractivity contribution in [2.75, 3.05) is 17.4 Å². The normalized spacial score (nSPS) is 11.8. The van der Waals surface area contributed by atoms with E-state index in [1.165, 1.54) is 53.4 Å². The summed E-state index contributed by atoms with van der Waals surface area (Å²) in [6.07, 6.45) is 0.117. The summed E-state index contributed by atoms with van der Waals surface area (Å²) in [5.41, 5.74) is 0.789. The van der Waals surface area contributed by atoms with Gasteiger partial charge in [-0.05, 0) is 48.4 Å². The van der Waals surface area contributed by atoms with Crippen molar-refractivity contribution in [2.24, 2.45) is 0 Å². The molecule has 4 rings (SSSR count). The molecule has 0 aliphatic carbocycles. The quantitative estimate of drug-likeness (QED) is 0.140. The fourth-order valence-electron chi connectivity index (χ4n) is 4.69. The third-order valence-corrected chi connectivity index (χ3v) is 9.29. The number of nitro benzene ring substituents is 1. The number of carbonyl (C=O) groups is 2. The molecular weight excluding hydrogens is 639 g/mol. The molecule has 0 unspecified atom stereocenters. The minimum atomic E-state index is -4.41. The van der Waals surface area contributed by atoms with Crippen LogP contribution in [0.25, 0.3) is 0 Å². The van der Waals surface area contributed by atoms with Crippen LogP contribution in [0, 0.1) is 10.1 Å². The van der Waals surface area contributed by atoms with Crippen LogP contribution >= 0.6 is 23.2 Å². The molecular formula is C32H30Cl2N4O6S. The van der Waals surface area contributed by atoms with Gasteiger partial charge in [-0.25, -0.2) is 8.42 Å². The van der Waals surface area contributed by atoms with Gasteiger partial charge in [0.1, 0.15) is 12.6 Å². The van der Waals surface area contributed by atoms with Crippen LogP contribution in [0.5, 0.6) is 0 Å². The Morgan fingerprint density at radius 1 is 0.911 bits per heavy atom. The van der Waals surface area contributed by atoms with Gasteiger partial charge >= 0.3 is 0 Å². The van der Waals surface area contributed by atoms with Crippen LogP contribution in [0.15, 0.2) is 108 Å². The number of likely N-dealkylation sites (N-methyl/N-ethyl adjacent to an activating group) is 1. The number of halogens is 2. The third kappa shape index (κ3) is 8.39. The van der Waals surface area contributed by atoms with Crippen molar-refractivity contribution in [3.05, 3.63) is 134 Å². The van der Waals surface area contributed by atoms with E-state index in [0.717, 1.165) is 15.9 Å². The first kappa shape index (κ1) is 33.4. The van der Waals surface area contributed by atoms with Crippen molar-refractivity contribution < 1.29 is 22.9 Å². The molecule has 1 N–H and O–H groups in total. The van der Waals surface area contributed by atoms with E-state index in [1.54, 1.807) is 25.1 Å². The number of sulfonamides is 1. The smallest absolute Gasteiger partial charge is 0.271 e. The summed E-state index contributed by atoms with van der Waals surface area (Å²) < 4.78 is 28.8. The lowest BCUT2D eigenvalue weighted by Gasteiger charge is -2.34. The summed E-state index contributed by atoms with van der Waals surface area (Å²) in [6.45, 7) is 1.11. The van der Waals surface area contributed by atoms with Crippen LogP contribution in [-0.2, 0) is 32.6 Å². The standard InChI is InChI=1S/C32H30Cl2N4O6S/c1-2-35-32(40)30(18-23-10-5-3-6-11-23)36(21-24-16-17-25(33)19-29(24)34)31(39)22-37(26-12-9-13-27(20-26)38(41)42)45(43,44)28-14-7-4-8-15-28/h3-17,19-20,30H,2,18,21-22H2,1H3,(H,35,40)/t30-/m1/s1. The van der Waals surface area contributed by atoms with Crippen LogP contribution in [0.1, 0.15) is 18.1 Å². The van der Waals surface area contributed by atoms with Crippen molar-refractivity contribution >= 4 is 56.4 Å². The van der Waals surface area contributed by atoms with Crippen LogP contribution in [0.2, 0.25) is 10.0 Å². The van der Waals surface area contributed by atoms with E-state index in [0.29, 0.717) is 10.6 Å². The molecule has 0 aliphatic heterocycles. The molecule has 0 bridgehead atoms. The molecule has 4 aromatic rings. The Morgan fingerprint density at radius 2 is 1.58 bits per heavy atom. The number of nitrogens with zero attached hydrogens (tertiary/aromatic N) is 3. The van der Waals surface area contributed by atoms with Gasteiger partial charge in [0.05, 0.1) is 15.5 Å². The van der Waals surface area contributed by atoms with E-state index in [4.69, 9.17) is 23.2 Å². The average Bonchev–Trinajstić information content (AvgIpc) is 3.03. The number of hydrogen-bond donors (Lipinski definition) is 1. The molecule has 0 aromatic heterocycles. The summed E-state index contributed by atoms with van der Waals surface area (Å²) >= 11 is 12.6. The maximum atomic E-state index is 14.4. The van der Waals surface area contributed by atoms with E-state index >= 15 is 0 Å². The third-order valence-electron chi connectivity index (χ3n) is 6.92. The first-order valence-corrected chi connectivity index (χ1v) is 16.1. The number of benzene rings is 4. The van der Waals surface area contributed by atoms with Crippen molar-refractivity contribution in [1.82, 2.24) is 10.2 Å². The van der Waals surface area contributed by atoms with E-state index in [9.17, 15) is 28.1 Å². The number of non-ortho nitro benzene ring substituents is 1. The Balaban J connectivity index is 1.84. The van der Waals surface area contributed by atoms with Crippen molar-refractivity contribution in [3.63, 3.8) is 0 Å². The lowest BCUT2D eigenvalue weighted by atomic mass is 10.0. The molecule has 10 nitrogen and oxygen atoms in total. The zero-order valence-corrected chi connectivity index (χ0v) is 26.5. The summed E-state index contributed by atoms with van der Waals surface area (Å²) in [5.74, 6) is -1.19. The number of hydrogen-bond acceptors (Lipinski definition) is 6. The summed E-state index contributed by atoms with van der Waals surface area (Å²) in [4.78, 5) is 40.0. The molecule has 0 spiro atoms. The molecule has 0 aliphatic rings. The van der Waals surface area contributed by atoms with Gasteiger partial charge < -0.3 is 10.2 Å². The van der Waals surface area contributed by atoms with Crippen LogP contribution in [0.4, 0.5) is 11.4 Å². The fourth-order valence-corrected chi connectivity index (χ4v) is 6.58. The van der Waals surface area contributed by atoms with Crippen LogP contribution < -0.4 is 9.62 Å². The van der Waals surface area contributed by atoms with Gasteiger partial charge in [0.15, 0.2) is 0 Å². The zero-order chi connectivity index (χ0) is 32.6. The number of carbonyl (C=O) groups excluding carboxylic acids is 2. The highest BCUT2D eigenvalue weighted by atomic mass is 35.5. The minimum Gasteiger partial charge on any atom is -0.355 e. The molecule has 0 heterocycles. The van der Waals surface area contributed by atoms with Crippen LogP contribution in [0.3, 0.4) is 0 Å². The van der Waals surface area contributed by atoms with Gasteiger partial charge in [0.25, 0.3) is 15.7 Å². The predicted molar refractivity (Wildman–Crippen MR) is 174 cm³/mol. The number of nitrogens with one attached hydrogen (secondary N) is 1. The molecule has 1 atom stereocenters. The number of anilines is 1. The first-order chi connectivity index (χ1) is 21.5. The second-order valence-electron chi connectivity index (χ2n) is 9.96. The van der Waals surface area contributed by atoms with Gasteiger partial charge in [-0.3, -0.25) is 24.0 Å². The first-order valence-electron chi connectivity index (χ1n) is 13.9. The number of nitro groups is 1. The van der Waals surface area contributed by atoms with Crippen molar-refractivity contribution in [2.45, 2.75) is 30.8 Å². The van der Waals surface area contributed by atoms with Gasteiger partial charge in [-0.1, -0.05) is 83.9 Å². The molecule has 0 saturated heterocycles. The average molecular weight is 670 g/mol. The van der Waals surface area contributed by atoms with E-state index in [2.05, 4.69) is 5.32 Å². The molecule has 13 heteroatoms.